The third-order valence-electron chi connectivity index (χ3n) is 3.31. The smallest absolute Gasteiger partial charge is 0.266 e. The predicted molar refractivity (Wildman–Crippen MR) is 73.8 cm³/mol. The minimum absolute atomic E-state index is 0.311. The summed E-state index contributed by atoms with van der Waals surface area (Å²) >= 11 is 0. The molecule has 2 amide bonds. The molecule has 1 heterocycles. The first kappa shape index (κ1) is 12.3. The molecule has 0 aliphatic carbocycles. The van der Waals surface area contributed by atoms with Gasteiger partial charge in [0.2, 0.25) is 0 Å². The first-order valence-corrected chi connectivity index (χ1v) is 6.23. The van der Waals surface area contributed by atoms with Gasteiger partial charge in [0, 0.05) is 6.42 Å². The minimum atomic E-state index is -0.311. The number of carbonyl (C=O) groups excluding carboxylic acids is 3. The third-order valence-corrected chi connectivity index (χ3v) is 3.31. The summed E-state index contributed by atoms with van der Waals surface area (Å²) in [5, 5.41) is 0. The average Bonchev–Trinajstić information content (AvgIpc) is 2.73. The molecule has 0 spiro atoms. The largest absolute Gasteiger partial charge is 0.303 e. The van der Waals surface area contributed by atoms with Gasteiger partial charge in [-0.15, -0.1) is 0 Å². The summed E-state index contributed by atoms with van der Waals surface area (Å²) in [6, 6.07) is 13.6. The van der Waals surface area contributed by atoms with Gasteiger partial charge in [-0.2, -0.15) is 0 Å². The van der Waals surface area contributed by atoms with Crippen LogP contribution in [0.3, 0.4) is 0 Å². The fourth-order valence-electron chi connectivity index (χ4n) is 2.30. The van der Waals surface area contributed by atoms with Gasteiger partial charge < -0.3 is 4.79 Å². The van der Waals surface area contributed by atoms with Gasteiger partial charge in [-0.3, -0.25) is 9.59 Å². The van der Waals surface area contributed by atoms with Crippen molar-refractivity contribution in [3.05, 3.63) is 65.2 Å². The molecular formula is C16H11NO3. The topological polar surface area (TPSA) is 54.5 Å². The molecule has 98 valence electrons. The lowest BCUT2D eigenvalue weighted by molar-refractivity contribution is -0.107. The number of imide groups is 1. The SMILES string of the molecule is O=CCc1ccc(N2C(=O)c3ccccc3C2=O)cc1. The number of hydrogen-bond acceptors (Lipinski definition) is 3. The Balaban J connectivity index is 1.98. The zero-order valence-corrected chi connectivity index (χ0v) is 10.6. The Kier molecular flexibility index (Phi) is 2.91. The van der Waals surface area contributed by atoms with E-state index in [4.69, 9.17) is 0 Å². The van der Waals surface area contributed by atoms with Crippen LogP contribution in [-0.4, -0.2) is 18.1 Å². The van der Waals surface area contributed by atoms with Crippen LogP contribution in [-0.2, 0) is 11.2 Å². The molecule has 2 aromatic rings. The van der Waals surface area contributed by atoms with Crippen LogP contribution in [0.25, 0.3) is 0 Å². The van der Waals surface area contributed by atoms with Crippen molar-refractivity contribution >= 4 is 23.8 Å². The maximum Gasteiger partial charge on any atom is 0.266 e. The second-order valence-electron chi connectivity index (χ2n) is 4.53. The highest BCUT2D eigenvalue weighted by Gasteiger charge is 2.36. The molecule has 0 unspecified atom stereocenters. The molecule has 0 radical (unpaired) electrons. The van der Waals surface area contributed by atoms with E-state index >= 15 is 0 Å². The lowest BCUT2D eigenvalue weighted by atomic mass is 10.1. The zero-order valence-electron chi connectivity index (χ0n) is 10.6. The third kappa shape index (κ3) is 1.82. The van der Waals surface area contributed by atoms with E-state index in [0.717, 1.165) is 16.7 Å². The molecule has 0 N–H and O–H groups in total. The van der Waals surface area contributed by atoms with Gasteiger partial charge in [-0.25, -0.2) is 4.90 Å². The van der Waals surface area contributed by atoms with Crippen LogP contribution in [0.4, 0.5) is 5.69 Å². The Morgan fingerprint density at radius 2 is 1.40 bits per heavy atom. The summed E-state index contributed by atoms with van der Waals surface area (Å²) < 4.78 is 0. The van der Waals surface area contributed by atoms with Crippen LogP contribution in [0.5, 0.6) is 0 Å². The molecule has 1 aliphatic rings. The fourth-order valence-corrected chi connectivity index (χ4v) is 2.30. The molecule has 0 saturated carbocycles. The first-order valence-electron chi connectivity index (χ1n) is 6.23. The van der Waals surface area contributed by atoms with Crippen molar-refractivity contribution in [2.24, 2.45) is 0 Å². The Hall–Kier alpha value is -2.75. The first-order chi connectivity index (χ1) is 9.72. The summed E-state index contributed by atoms with van der Waals surface area (Å²) in [6.45, 7) is 0. The van der Waals surface area contributed by atoms with Crippen LogP contribution in [0.1, 0.15) is 26.3 Å². The Bertz CT molecular complexity index is 669. The zero-order chi connectivity index (χ0) is 14.1. The Morgan fingerprint density at radius 3 is 1.90 bits per heavy atom. The molecule has 4 nitrogen and oxygen atoms in total. The maximum atomic E-state index is 12.3. The van der Waals surface area contributed by atoms with Gasteiger partial charge in [-0.1, -0.05) is 24.3 Å². The highest BCUT2D eigenvalue weighted by atomic mass is 16.2. The summed E-state index contributed by atoms with van der Waals surface area (Å²) in [6.07, 6.45) is 1.14. The van der Waals surface area contributed by atoms with E-state index in [1.807, 2.05) is 0 Å². The van der Waals surface area contributed by atoms with Crippen molar-refractivity contribution in [2.45, 2.75) is 6.42 Å². The van der Waals surface area contributed by atoms with Crippen LogP contribution in [0.2, 0.25) is 0 Å². The highest BCUT2D eigenvalue weighted by Crippen LogP contribution is 2.28. The molecule has 0 fully saturated rings. The standard InChI is InChI=1S/C16H11NO3/c18-10-9-11-5-7-12(8-6-11)17-15(19)13-3-1-2-4-14(13)16(17)20/h1-8,10H,9H2. The van der Waals surface area contributed by atoms with E-state index in [1.54, 1.807) is 48.5 Å². The number of benzene rings is 2. The lowest BCUT2D eigenvalue weighted by Crippen LogP contribution is -2.29. The van der Waals surface area contributed by atoms with Gasteiger partial charge in [0.1, 0.15) is 6.29 Å². The molecule has 0 aromatic heterocycles. The monoisotopic (exact) mass is 265 g/mol. The van der Waals surface area contributed by atoms with Gasteiger partial charge in [0.05, 0.1) is 16.8 Å². The number of anilines is 1. The number of carbonyl (C=O) groups is 3. The van der Waals surface area contributed by atoms with Crippen LogP contribution < -0.4 is 4.90 Å². The summed E-state index contributed by atoms with van der Waals surface area (Å²) in [5.41, 5.74) is 2.22. The van der Waals surface area contributed by atoms with E-state index < -0.39 is 0 Å². The summed E-state index contributed by atoms with van der Waals surface area (Å²) in [4.78, 5) is 36.1. The second kappa shape index (κ2) is 4.74. The number of amides is 2. The maximum absolute atomic E-state index is 12.3. The van der Waals surface area contributed by atoms with Crippen LogP contribution in [0.15, 0.2) is 48.5 Å². The number of nitrogens with zero attached hydrogens (tertiary/aromatic N) is 1. The van der Waals surface area contributed by atoms with E-state index in [0.29, 0.717) is 23.2 Å². The number of fused-ring (bicyclic) bond motifs is 1. The number of aldehydes is 1. The number of hydrogen-bond donors (Lipinski definition) is 0. The predicted octanol–water partition coefficient (Wildman–Crippen LogP) is 2.23. The Labute approximate surface area is 115 Å². The van der Waals surface area contributed by atoms with Crippen LogP contribution in [0, 0.1) is 0 Å². The van der Waals surface area contributed by atoms with Crippen molar-refractivity contribution < 1.29 is 14.4 Å². The summed E-state index contributed by atoms with van der Waals surface area (Å²) in [5.74, 6) is -0.623. The van der Waals surface area contributed by atoms with Gasteiger partial charge in [-0.05, 0) is 29.8 Å². The Morgan fingerprint density at radius 1 is 0.850 bits per heavy atom. The normalized spacial score (nSPS) is 13.5. The summed E-state index contributed by atoms with van der Waals surface area (Å²) in [7, 11) is 0. The van der Waals surface area contributed by atoms with Gasteiger partial charge in [0.15, 0.2) is 0 Å². The molecule has 3 rings (SSSR count). The van der Waals surface area contributed by atoms with Crippen molar-refractivity contribution in [3.63, 3.8) is 0 Å². The van der Waals surface area contributed by atoms with Crippen LogP contribution >= 0.6 is 0 Å². The number of rotatable bonds is 3. The van der Waals surface area contributed by atoms with E-state index in [2.05, 4.69) is 0 Å². The van der Waals surface area contributed by atoms with E-state index in [9.17, 15) is 14.4 Å². The van der Waals surface area contributed by atoms with Crippen molar-refractivity contribution in [1.29, 1.82) is 0 Å². The van der Waals surface area contributed by atoms with E-state index in [1.165, 1.54) is 0 Å². The van der Waals surface area contributed by atoms with Crippen molar-refractivity contribution in [2.75, 3.05) is 4.90 Å². The molecule has 4 heteroatoms. The van der Waals surface area contributed by atoms with Crippen molar-refractivity contribution in [1.82, 2.24) is 0 Å². The molecule has 0 bridgehead atoms. The second-order valence-corrected chi connectivity index (χ2v) is 4.53. The minimum Gasteiger partial charge on any atom is -0.303 e. The molecule has 0 atom stereocenters. The van der Waals surface area contributed by atoms with Crippen molar-refractivity contribution in [3.8, 4) is 0 Å². The molecule has 2 aromatic carbocycles. The lowest BCUT2D eigenvalue weighted by Gasteiger charge is -2.14. The van der Waals surface area contributed by atoms with Gasteiger partial charge in [0.25, 0.3) is 11.8 Å². The molecule has 0 saturated heterocycles. The molecule has 20 heavy (non-hydrogen) atoms. The highest BCUT2D eigenvalue weighted by molar-refractivity contribution is 6.34. The molecule has 1 aliphatic heterocycles. The average molecular weight is 265 g/mol. The quantitative estimate of drug-likeness (QED) is 0.631. The fraction of sp³-hybridized carbons (Fsp3) is 0.0625. The molecular weight excluding hydrogens is 254 g/mol. The van der Waals surface area contributed by atoms with E-state index in [-0.39, 0.29) is 11.8 Å². The van der Waals surface area contributed by atoms with Gasteiger partial charge >= 0.3 is 0 Å².